The van der Waals surface area contributed by atoms with Crippen LogP contribution in [0.5, 0.6) is 0 Å². The van der Waals surface area contributed by atoms with Gasteiger partial charge in [-0.3, -0.25) is 0 Å². The number of benzene rings is 1. The number of rotatable bonds is 1. The van der Waals surface area contributed by atoms with Crippen LogP contribution in [0.15, 0.2) is 24.3 Å². The van der Waals surface area contributed by atoms with Crippen molar-refractivity contribution in [1.29, 1.82) is 0 Å². The summed E-state index contributed by atoms with van der Waals surface area (Å²) >= 11 is 0. The molecule has 0 radical (unpaired) electrons. The molecular weight excluding hydrogens is 201 g/mol. The normalized spacial score (nSPS) is 10.8. The van der Waals surface area contributed by atoms with E-state index in [9.17, 15) is 9.18 Å². The predicted molar refractivity (Wildman–Crippen MR) is 51.2 cm³/mol. The average Bonchev–Trinajstić information content (AvgIpc) is 2.55. The monoisotopic (exact) mass is 209 g/mol. The van der Waals surface area contributed by atoms with E-state index in [1.165, 1.54) is 18.2 Å². The molecule has 1 aromatic heterocycles. The number of hydrogen-bond donors (Lipinski definition) is 2. The Labute approximate surface area is 84.2 Å². The summed E-state index contributed by atoms with van der Waals surface area (Å²) in [6, 6.07) is 5.37. The Bertz CT molecular complexity index is 533. The lowest BCUT2D eigenvalue weighted by atomic mass is 10.2. The van der Waals surface area contributed by atoms with Crippen LogP contribution in [0.1, 0.15) is 5.69 Å². The van der Waals surface area contributed by atoms with Crippen LogP contribution >= 0.6 is 0 Å². The van der Waals surface area contributed by atoms with Crippen LogP contribution in [0.3, 0.4) is 0 Å². The second kappa shape index (κ2) is 3.36. The maximum absolute atomic E-state index is 12.9. The van der Waals surface area contributed by atoms with E-state index in [1.807, 2.05) is 0 Å². The molecule has 1 heterocycles. The van der Waals surface area contributed by atoms with Crippen LogP contribution in [-0.4, -0.2) is 20.9 Å². The number of carbonyl (C=O) groups is 1. The Morgan fingerprint density at radius 1 is 1.40 bits per heavy atom. The van der Waals surface area contributed by atoms with E-state index in [4.69, 9.17) is 10.2 Å². The minimum atomic E-state index is -1.24. The Kier molecular flexibility index (Phi) is 2.17. The Morgan fingerprint density at radius 2 is 2.13 bits per heavy atom. The van der Waals surface area contributed by atoms with Gasteiger partial charge >= 0.3 is 6.09 Å². The smallest absolute Gasteiger partial charge is 0.416 e. The van der Waals surface area contributed by atoms with Crippen molar-refractivity contribution in [3.8, 4) is 0 Å². The minimum absolute atomic E-state index is 0.225. The highest BCUT2D eigenvalue weighted by molar-refractivity contribution is 5.90. The number of fused-ring (bicyclic) bond motifs is 1. The second-order valence-corrected chi connectivity index (χ2v) is 3.11. The lowest BCUT2D eigenvalue weighted by Crippen LogP contribution is -2.11. The average molecular weight is 209 g/mol. The molecule has 2 aromatic rings. The molecule has 0 aliphatic rings. The molecule has 1 aromatic carbocycles. The van der Waals surface area contributed by atoms with Crippen molar-refractivity contribution >= 4 is 17.0 Å². The maximum atomic E-state index is 12.9. The number of aromatic nitrogens is 1. The van der Waals surface area contributed by atoms with E-state index in [0.717, 1.165) is 10.6 Å². The van der Waals surface area contributed by atoms with Gasteiger partial charge in [-0.05, 0) is 24.3 Å². The highest BCUT2D eigenvalue weighted by Crippen LogP contribution is 2.20. The summed E-state index contributed by atoms with van der Waals surface area (Å²) in [5.74, 6) is -0.507. The Hall–Kier alpha value is -1.88. The SMILES string of the molecule is O=C(O)n1c(CO)cc2ccc(F)cc21. The fourth-order valence-corrected chi connectivity index (χ4v) is 1.57. The molecule has 0 fully saturated rings. The van der Waals surface area contributed by atoms with E-state index in [0.29, 0.717) is 5.39 Å². The third-order valence-corrected chi connectivity index (χ3v) is 2.20. The first-order valence-corrected chi connectivity index (χ1v) is 4.27. The summed E-state index contributed by atoms with van der Waals surface area (Å²) in [5.41, 5.74) is 0.467. The number of nitrogens with zero attached hydrogens (tertiary/aromatic N) is 1. The maximum Gasteiger partial charge on any atom is 0.416 e. The number of halogens is 1. The first-order valence-electron chi connectivity index (χ1n) is 4.27. The number of aliphatic hydroxyl groups is 1. The zero-order chi connectivity index (χ0) is 11.0. The van der Waals surface area contributed by atoms with Gasteiger partial charge in [-0.1, -0.05) is 0 Å². The summed E-state index contributed by atoms with van der Waals surface area (Å²) in [6.45, 7) is -0.400. The number of hydrogen-bond acceptors (Lipinski definition) is 2. The lowest BCUT2D eigenvalue weighted by Gasteiger charge is -2.01. The third kappa shape index (κ3) is 1.46. The molecule has 0 aliphatic heterocycles. The molecule has 4 nitrogen and oxygen atoms in total. The van der Waals surface area contributed by atoms with Gasteiger partial charge in [0.25, 0.3) is 0 Å². The lowest BCUT2D eigenvalue weighted by molar-refractivity contribution is 0.193. The molecule has 0 spiro atoms. The van der Waals surface area contributed by atoms with Crippen LogP contribution in [0.25, 0.3) is 10.9 Å². The topological polar surface area (TPSA) is 62.5 Å². The van der Waals surface area contributed by atoms with E-state index < -0.39 is 18.5 Å². The van der Waals surface area contributed by atoms with Gasteiger partial charge in [0.15, 0.2) is 0 Å². The van der Waals surface area contributed by atoms with Crippen LogP contribution in [0, 0.1) is 5.82 Å². The van der Waals surface area contributed by atoms with Gasteiger partial charge < -0.3 is 10.2 Å². The van der Waals surface area contributed by atoms with Gasteiger partial charge in [-0.15, -0.1) is 0 Å². The van der Waals surface area contributed by atoms with Crippen molar-refractivity contribution in [3.05, 3.63) is 35.8 Å². The molecular formula is C10H8FNO3. The van der Waals surface area contributed by atoms with E-state index in [2.05, 4.69) is 0 Å². The summed E-state index contributed by atoms with van der Waals surface area (Å²) in [4.78, 5) is 10.9. The highest BCUT2D eigenvalue weighted by atomic mass is 19.1. The van der Waals surface area contributed by atoms with Gasteiger partial charge in [0.2, 0.25) is 0 Å². The molecule has 0 saturated heterocycles. The molecule has 0 atom stereocenters. The van der Waals surface area contributed by atoms with Crippen LogP contribution in [-0.2, 0) is 6.61 Å². The summed E-state index contributed by atoms with van der Waals surface area (Å²) in [7, 11) is 0. The van der Waals surface area contributed by atoms with Crippen molar-refractivity contribution < 1.29 is 19.4 Å². The first kappa shape index (κ1) is 9.67. The van der Waals surface area contributed by atoms with E-state index in [1.54, 1.807) is 0 Å². The molecule has 15 heavy (non-hydrogen) atoms. The summed E-state index contributed by atoms with van der Waals surface area (Å²) in [6.07, 6.45) is -1.24. The van der Waals surface area contributed by atoms with Gasteiger partial charge in [-0.2, -0.15) is 0 Å². The fraction of sp³-hybridized carbons (Fsp3) is 0.100. The molecule has 0 unspecified atom stereocenters. The van der Waals surface area contributed by atoms with Crippen molar-refractivity contribution in [3.63, 3.8) is 0 Å². The van der Waals surface area contributed by atoms with Gasteiger partial charge in [0, 0.05) is 5.39 Å². The van der Waals surface area contributed by atoms with Crippen molar-refractivity contribution in [2.45, 2.75) is 6.61 Å². The van der Waals surface area contributed by atoms with E-state index >= 15 is 0 Å². The van der Waals surface area contributed by atoms with Crippen molar-refractivity contribution in [2.75, 3.05) is 0 Å². The van der Waals surface area contributed by atoms with Gasteiger partial charge in [0.05, 0.1) is 17.8 Å². The van der Waals surface area contributed by atoms with Gasteiger partial charge in [-0.25, -0.2) is 13.8 Å². The third-order valence-electron chi connectivity index (χ3n) is 2.20. The molecule has 5 heteroatoms. The quantitative estimate of drug-likeness (QED) is 0.752. The minimum Gasteiger partial charge on any atom is -0.464 e. The molecule has 78 valence electrons. The number of aliphatic hydroxyl groups excluding tert-OH is 1. The van der Waals surface area contributed by atoms with Crippen LogP contribution < -0.4 is 0 Å². The second-order valence-electron chi connectivity index (χ2n) is 3.11. The van der Waals surface area contributed by atoms with E-state index in [-0.39, 0.29) is 11.2 Å². The summed E-state index contributed by atoms with van der Waals surface area (Å²) in [5, 5.41) is 18.4. The summed E-state index contributed by atoms with van der Waals surface area (Å²) < 4.78 is 13.8. The molecule has 2 N–H and O–H groups in total. The van der Waals surface area contributed by atoms with Crippen molar-refractivity contribution in [1.82, 2.24) is 4.57 Å². The zero-order valence-corrected chi connectivity index (χ0v) is 7.64. The first-order chi connectivity index (χ1) is 7.13. The molecule has 0 amide bonds. The highest BCUT2D eigenvalue weighted by Gasteiger charge is 2.13. The number of carboxylic acid groups (broad SMARTS) is 1. The standard InChI is InChI=1S/C10H8FNO3/c11-7-2-1-6-3-8(5-13)12(10(14)15)9(6)4-7/h1-4,13H,5H2,(H,14,15). The molecule has 0 saturated carbocycles. The molecule has 0 aliphatic carbocycles. The van der Waals surface area contributed by atoms with Crippen LogP contribution in [0.2, 0.25) is 0 Å². The Morgan fingerprint density at radius 3 is 2.73 bits per heavy atom. The largest absolute Gasteiger partial charge is 0.464 e. The molecule has 2 rings (SSSR count). The fourth-order valence-electron chi connectivity index (χ4n) is 1.57. The zero-order valence-electron chi connectivity index (χ0n) is 7.64. The Balaban J connectivity index is 2.82. The molecule has 0 bridgehead atoms. The van der Waals surface area contributed by atoms with Crippen LogP contribution in [0.4, 0.5) is 9.18 Å². The van der Waals surface area contributed by atoms with Gasteiger partial charge in [0.1, 0.15) is 5.82 Å². The predicted octanol–water partition coefficient (Wildman–Crippen LogP) is 1.80. The van der Waals surface area contributed by atoms with Crippen molar-refractivity contribution in [2.24, 2.45) is 0 Å².